The van der Waals surface area contributed by atoms with Crippen LogP contribution >= 0.6 is 23.4 Å². The number of hydrogen-bond acceptors (Lipinski definition) is 5. The number of benzene rings is 2. The van der Waals surface area contributed by atoms with Gasteiger partial charge in [-0.3, -0.25) is 4.79 Å². The molecule has 0 unspecified atom stereocenters. The van der Waals surface area contributed by atoms with E-state index in [2.05, 4.69) is 16.2 Å². The van der Waals surface area contributed by atoms with Gasteiger partial charge < -0.3 is 14.8 Å². The van der Waals surface area contributed by atoms with Crippen molar-refractivity contribution < 1.29 is 14.3 Å². The molecule has 2 aromatic carbocycles. The van der Waals surface area contributed by atoms with Crippen LogP contribution in [0.1, 0.15) is 23.6 Å². The third-order valence-electron chi connectivity index (χ3n) is 4.30. The molecule has 0 bridgehead atoms. The number of rotatable bonds is 6. The largest absolute Gasteiger partial charge is 0.490 e. The van der Waals surface area contributed by atoms with E-state index in [9.17, 15) is 4.79 Å². The molecule has 0 radical (unpaired) electrons. The van der Waals surface area contributed by atoms with E-state index in [1.54, 1.807) is 18.2 Å². The van der Waals surface area contributed by atoms with E-state index in [0.29, 0.717) is 38.8 Å². The van der Waals surface area contributed by atoms with E-state index in [-0.39, 0.29) is 12.5 Å². The fourth-order valence-electron chi connectivity index (χ4n) is 2.73. The number of aliphatic imine (C=N–C) groups is 1. The maximum atomic E-state index is 12.4. The second-order valence-corrected chi connectivity index (χ2v) is 7.94. The van der Waals surface area contributed by atoms with Crippen LogP contribution < -0.4 is 14.8 Å². The molecular formula is C23H21ClN2O3S. The quantitative estimate of drug-likeness (QED) is 0.491. The van der Waals surface area contributed by atoms with Gasteiger partial charge in [0, 0.05) is 0 Å². The highest BCUT2D eigenvalue weighted by molar-refractivity contribution is 8.18. The number of thioether (sulfide) groups is 1. The number of carbonyl (C=O) groups is 1. The minimum absolute atomic E-state index is 0.0802. The first-order chi connectivity index (χ1) is 14.4. The molecule has 2 aromatic rings. The van der Waals surface area contributed by atoms with Crippen molar-refractivity contribution in [3.8, 4) is 23.8 Å². The number of halogens is 1. The van der Waals surface area contributed by atoms with Gasteiger partial charge in [0.15, 0.2) is 16.7 Å². The van der Waals surface area contributed by atoms with Crippen molar-refractivity contribution in [2.24, 2.45) is 4.99 Å². The fourth-order valence-corrected chi connectivity index (χ4v) is 3.85. The van der Waals surface area contributed by atoms with E-state index in [1.165, 1.54) is 17.3 Å². The van der Waals surface area contributed by atoms with Crippen LogP contribution in [0, 0.1) is 26.2 Å². The van der Waals surface area contributed by atoms with Crippen LogP contribution in [0.4, 0.5) is 5.69 Å². The van der Waals surface area contributed by atoms with Crippen molar-refractivity contribution in [1.29, 1.82) is 0 Å². The van der Waals surface area contributed by atoms with Gasteiger partial charge in [0.05, 0.1) is 22.2 Å². The van der Waals surface area contributed by atoms with Crippen LogP contribution in [0.5, 0.6) is 11.5 Å². The molecule has 1 amide bonds. The predicted molar refractivity (Wildman–Crippen MR) is 124 cm³/mol. The fraction of sp³-hybridized carbons (Fsp3) is 0.217. The molecule has 1 heterocycles. The molecular weight excluding hydrogens is 420 g/mol. The Morgan fingerprint density at radius 1 is 1.23 bits per heavy atom. The smallest absolute Gasteiger partial charge is 0.264 e. The number of amidine groups is 1. The molecule has 30 heavy (non-hydrogen) atoms. The lowest BCUT2D eigenvalue weighted by Gasteiger charge is -2.13. The SMILES string of the molecule is C#CCOc1c(Cl)cc(C=C2SC(=Nc3ccc(C)c(C)c3)NC2=O)cc1OCC. The Labute approximate surface area is 185 Å². The summed E-state index contributed by atoms with van der Waals surface area (Å²) in [6, 6.07) is 9.39. The first kappa shape index (κ1) is 21.8. The Hall–Kier alpha value is -2.88. The average molecular weight is 441 g/mol. The number of ether oxygens (including phenoxy) is 2. The lowest BCUT2D eigenvalue weighted by molar-refractivity contribution is -0.115. The summed E-state index contributed by atoms with van der Waals surface area (Å²) < 4.78 is 11.1. The minimum atomic E-state index is -0.218. The second-order valence-electron chi connectivity index (χ2n) is 6.51. The van der Waals surface area contributed by atoms with Gasteiger partial charge in [0.1, 0.15) is 6.61 Å². The van der Waals surface area contributed by atoms with Crippen molar-refractivity contribution in [1.82, 2.24) is 5.32 Å². The Kier molecular flexibility index (Phi) is 7.09. The normalized spacial score (nSPS) is 15.9. The van der Waals surface area contributed by atoms with Crippen LogP contribution in [0.3, 0.4) is 0 Å². The van der Waals surface area contributed by atoms with Gasteiger partial charge in [-0.25, -0.2) is 4.99 Å². The molecule has 7 heteroatoms. The first-order valence-electron chi connectivity index (χ1n) is 9.30. The van der Waals surface area contributed by atoms with Crippen LogP contribution in [0.25, 0.3) is 6.08 Å². The Morgan fingerprint density at radius 2 is 2.03 bits per heavy atom. The molecule has 0 saturated carbocycles. The monoisotopic (exact) mass is 440 g/mol. The van der Waals surface area contributed by atoms with Crippen molar-refractivity contribution in [3.63, 3.8) is 0 Å². The Morgan fingerprint density at radius 3 is 2.73 bits per heavy atom. The summed E-state index contributed by atoms with van der Waals surface area (Å²) in [5.74, 6) is 3.05. The predicted octanol–water partition coefficient (Wildman–Crippen LogP) is 5.26. The zero-order valence-corrected chi connectivity index (χ0v) is 18.5. The van der Waals surface area contributed by atoms with Crippen molar-refractivity contribution in [2.45, 2.75) is 20.8 Å². The number of amides is 1. The molecule has 0 aliphatic carbocycles. The summed E-state index contributed by atoms with van der Waals surface area (Å²) >= 11 is 7.63. The number of nitrogens with one attached hydrogen (secondary N) is 1. The molecule has 5 nitrogen and oxygen atoms in total. The molecule has 3 rings (SSSR count). The average Bonchev–Trinajstić information content (AvgIpc) is 3.03. The summed E-state index contributed by atoms with van der Waals surface area (Å²) in [6.45, 7) is 6.45. The zero-order chi connectivity index (χ0) is 21.7. The molecule has 1 fully saturated rings. The van der Waals surface area contributed by atoms with Gasteiger partial charge in [-0.05, 0) is 79.6 Å². The standard InChI is InChI=1S/C23H21ClN2O3S/c1-5-9-29-21-18(24)11-16(12-19(21)28-6-2)13-20-22(27)26-23(30-20)25-17-8-7-14(3)15(4)10-17/h1,7-8,10-13H,6,9H2,2-4H3,(H,25,26,27). The third-order valence-corrected chi connectivity index (χ3v) is 5.49. The van der Waals surface area contributed by atoms with Gasteiger partial charge in [0.25, 0.3) is 5.91 Å². The van der Waals surface area contributed by atoms with Crippen LogP contribution in [-0.4, -0.2) is 24.3 Å². The lowest BCUT2D eigenvalue weighted by Crippen LogP contribution is -2.19. The second kappa shape index (κ2) is 9.75. The molecule has 0 atom stereocenters. The Bertz CT molecular complexity index is 1090. The molecule has 1 aliphatic heterocycles. The van der Waals surface area contributed by atoms with E-state index in [0.717, 1.165) is 11.3 Å². The van der Waals surface area contributed by atoms with Crippen molar-refractivity contribution in [2.75, 3.05) is 13.2 Å². The summed E-state index contributed by atoms with van der Waals surface area (Å²) in [5.41, 5.74) is 3.84. The highest BCUT2D eigenvalue weighted by Crippen LogP contribution is 2.38. The summed E-state index contributed by atoms with van der Waals surface area (Å²) in [7, 11) is 0. The lowest BCUT2D eigenvalue weighted by atomic mass is 10.1. The van der Waals surface area contributed by atoms with E-state index < -0.39 is 0 Å². The number of nitrogens with zero attached hydrogens (tertiary/aromatic N) is 1. The van der Waals surface area contributed by atoms with Crippen molar-refractivity contribution >= 4 is 46.2 Å². The maximum Gasteiger partial charge on any atom is 0.264 e. The Balaban J connectivity index is 1.87. The highest BCUT2D eigenvalue weighted by Gasteiger charge is 2.24. The molecule has 1 aliphatic rings. The van der Waals surface area contributed by atoms with E-state index in [4.69, 9.17) is 27.5 Å². The van der Waals surface area contributed by atoms with E-state index >= 15 is 0 Å². The number of hydrogen-bond donors (Lipinski definition) is 1. The topological polar surface area (TPSA) is 59.9 Å². The molecule has 0 spiro atoms. The van der Waals surface area contributed by atoms with Gasteiger partial charge in [-0.15, -0.1) is 6.42 Å². The van der Waals surface area contributed by atoms with Gasteiger partial charge >= 0.3 is 0 Å². The maximum absolute atomic E-state index is 12.4. The van der Waals surface area contributed by atoms with Crippen LogP contribution in [-0.2, 0) is 4.79 Å². The van der Waals surface area contributed by atoms with E-state index in [1.807, 2.05) is 39.0 Å². The summed E-state index contributed by atoms with van der Waals surface area (Å²) in [4.78, 5) is 17.5. The molecule has 0 aromatic heterocycles. The molecule has 1 saturated heterocycles. The van der Waals surface area contributed by atoms with Gasteiger partial charge in [-0.2, -0.15) is 0 Å². The van der Waals surface area contributed by atoms with Gasteiger partial charge in [0.2, 0.25) is 0 Å². The summed E-state index contributed by atoms with van der Waals surface area (Å²) in [5, 5.41) is 3.68. The zero-order valence-electron chi connectivity index (χ0n) is 16.9. The highest BCUT2D eigenvalue weighted by atomic mass is 35.5. The minimum Gasteiger partial charge on any atom is -0.490 e. The van der Waals surface area contributed by atoms with Crippen LogP contribution in [0.2, 0.25) is 5.02 Å². The van der Waals surface area contributed by atoms with Gasteiger partial charge in [-0.1, -0.05) is 23.6 Å². The van der Waals surface area contributed by atoms with Crippen molar-refractivity contribution in [3.05, 3.63) is 56.9 Å². The third kappa shape index (κ3) is 5.18. The molecule has 1 N–H and O–H groups in total. The number of aryl methyl sites for hydroxylation is 2. The molecule has 154 valence electrons. The number of terminal acetylenes is 1. The summed E-state index contributed by atoms with van der Waals surface area (Å²) in [6.07, 6.45) is 7.00. The first-order valence-corrected chi connectivity index (χ1v) is 10.5. The number of carbonyl (C=O) groups excluding carboxylic acids is 1. The van der Waals surface area contributed by atoms with Crippen LogP contribution in [0.15, 0.2) is 40.2 Å².